The summed E-state index contributed by atoms with van der Waals surface area (Å²) in [5.41, 5.74) is 1.31. The topological polar surface area (TPSA) is 70.0 Å². The number of halogens is 1. The first-order valence-electron chi connectivity index (χ1n) is 6.09. The molecule has 0 fully saturated rings. The maximum Gasteiger partial charge on any atom is 0.249 e. The molecule has 1 N–H and O–H groups in total. The van der Waals surface area contributed by atoms with Crippen molar-refractivity contribution in [3.63, 3.8) is 0 Å². The molecule has 1 atom stereocenters. The number of ketones is 1. The van der Waals surface area contributed by atoms with Crippen molar-refractivity contribution in [1.29, 1.82) is 5.26 Å². The van der Waals surface area contributed by atoms with Crippen molar-refractivity contribution in [2.75, 3.05) is 5.32 Å². The predicted molar refractivity (Wildman–Crippen MR) is 78.4 cm³/mol. The second-order valence-corrected chi connectivity index (χ2v) is 4.72. The second-order valence-electron chi connectivity index (χ2n) is 4.31. The lowest BCUT2D eigenvalue weighted by atomic mass is 10.0. The standard InChI is InChI=1S/C15H15ClN2O2/c1-3-4-5-14(19)12(9-17)15(20)18-11-6-7-13(16)10(2)8-11/h3,6-8,12H,1,4-5H2,2H3,(H,18,20). The molecule has 0 spiro atoms. The highest BCUT2D eigenvalue weighted by Gasteiger charge is 2.25. The van der Waals surface area contributed by atoms with Crippen LogP contribution in [-0.2, 0) is 9.59 Å². The van der Waals surface area contributed by atoms with E-state index in [2.05, 4.69) is 11.9 Å². The number of aryl methyl sites for hydroxylation is 1. The summed E-state index contributed by atoms with van der Waals surface area (Å²) >= 11 is 5.89. The lowest BCUT2D eigenvalue weighted by Crippen LogP contribution is -2.28. The van der Waals surface area contributed by atoms with Crippen LogP contribution in [0.5, 0.6) is 0 Å². The highest BCUT2D eigenvalue weighted by molar-refractivity contribution is 6.31. The van der Waals surface area contributed by atoms with Crippen LogP contribution in [0.3, 0.4) is 0 Å². The molecule has 0 aliphatic rings. The van der Waals surface area contributed by atoms with Gasteiger partial charge in [-0.25, -0.2) is 0 Å². The molecule has 1 rings (SSSR count). The van der Waals surface area contributed by atoms with E-state index in [9.17, 15) is 9.59 Å². The minimum Gasteiger partial charge on any atom is -0.325 e. The van der Waals surface area contributed by atoms with Crippen molar-refractivity contribution in [2.45, 2.75) is 19.8 Å². The minimum atomic E-state index is -1.30. The Morgan fingerprint density at radius 3 is 2.80 bits per heavy atom. The maximum atomic E-state index is 11.9. The number of nitrogens with one attached hydrogen (secondary N) is 1. The Hall–Kier alpha value is -2.12. The molecule has 0 heterocycles. The summed E-state index contributed by atoms with van der Waals surface area (Å²) in [4.78, 5) is 23.7. The van der Waals surface area contributed by atoms with Gasteiger partial charge in [-0.2, -0.15) is 5.26 Å². The van der Waals surface area contributed by atoms with Crippen LogP contribution < -0.4 is 5.32 Å². The number of carbonyl (C=O) groups is 2. The van der Waals surface area contributed by atoms with Crippen LogP contribution in [-0.4, -0.2) is 11.7 Å². The van der Waals surface area contributed by atoms with Gasteiger partial charge in [0.25, 0.3) is 0 Å². The third kappa shape index (κ3) is 4.22. The second kappa shape index (κ2) is 7.46. The zero-order chi connectivity index (χ0) is 15.1. The van der Waals surface area contributed by atoms with Crippen LogP contribution in [0, 0.1) is 24.2 Å². The van der Waals surface area contributed by atoms with E-state index in [0.29, 0.717) is 17.1 Å². The Morgan fingerprint density at radius 1 is 1.55 bits per heavy atom. The number of anilines is 1. The van der Waals surface area contributed by atoms with Crippen LogP contribution in [0.25, 0.3) is 0 Å². The predicted octanol–water partition coefficient (Wildman–Crippen LogP) is 3.26. The first-order valence-corrected chi connectivity index (χ1v) is 6.47. The molecule has 0 saturated heterocycles. The van der Waals surface area contributed by atoms with Crippen LogP contribution in [0.1, 0.15) is 18.4 Å². The Kier molecular flexibility index (Phi) is 5.95. The van der Waals surface area contributed by atoms with Gasteiger partial charge in [0.1, 0.15) is 0 Å². The van der Waals surface area contributed by atoms with Gasteiger partial charge in [-0.3, -0.25) is 9.59 Å². The van der Waals surface area contributed by atoms with E-state index in [1.807, 2.05) is 0 Å². The third-order valence-electron chi connectivity index (χ3n) is 2.73. The number of Topliss-reactive ketones (excluding diaryl/α,β-unsaturated/α-hetero) is 1. The molecule has 20 heavy (non-hydrogen) atoms. The van der Waals surface area contributed by atoms with E-state index >= 15 is 0 Å². The Morgan fingerprint density at radius 2 is 2.25 bits per heavy atom. The molecular formula is C15H15ClN2O2. The number of allylic oxidation sites excluding steroid dienone is 1. The maximum absolute atomic E-state index is 11.9. The molecule has 0 aromatic heterocycles. The Bertz CT molecular complexity index is 576. The van der Waals surface area contributed by atoms with Crippen LogP contribution in [0.15, 0.2) is 30.9 Å². The summed E-state index contributed by atoms with van der Waals surface area (Å²) in [6, 6.07) is 6.69. The lowest BCUT2D eigenvalue weighted by Gasteiger charge is -2.10. The van der Waals surface area contributed by atoms with E-state index < -0.39 is 17.6 Å². The SMILES string of the molecule is C=CCCC(=O)C(C#N)C(=O)Nc1ccc(Cl)c(C)c1. The molecule has 104 valence electrons. The molecule has 0 aliphatic carbocycles. The van der Waals surface area contributed by atoms with Gasteiger partial charge < -0.3 is 5.32 Å². The highest BCUT2D eigenvalue weighted by atomic mass is 35.5. The number of carbonyl (C=O) groups excluding carboxylic acids is 2. The monoisotopic (exact) mass is 290 g/mol. The first kappa shape index (κ1) is 15.9. The molecule has 4 nitrogen and oxygen atoms in total. The molecule has 1 amide bonds. The molecular weight excluding hydrogens is 276 g/mol. The summed E-state index contributed by atoms with van der Waals surface area (Å²) in [6.45, 7) is 5.30. The molecule has 5 heteroatoms. The van der Waals surface area contributed by atoms with E-state index in [1.54, 1.807) is 37.3 Å². The van der Waals surface area contributed by atoms with Gasteiger partial charge in [0.05, 0.1) is 6.07 Å². The number of hydrogen-bond donors (Lipinski definition) is 1. The van der Waals surface area contributed by atoms with Gasteiger partial charge in [0, 0.05) is 17.1 Å². The molecule has 1 aromatic rings. The zero-order valence-electron chi connectivity index (χ0n) is 11.1. The van der Waals surface area contributed by atoms with E-state index in [-0.39, 0.29) is 6.42 Å². The Balaban J connectivity index is 2.77. The summed E-state index contributed by atoms with van der Waals surface area (Å²) in [5.74, 6) is -2.33. The van der Waals surface area contributed by atoms with Gasteiger partial charge in [-0.05, 0) is 37.1 Å². The number of nitriles is 1. The van der Waals surface area contributed by atoms with Crippen molar-refractivity contribution in [2.24, 2.45) is 5.92 Å². The van der Waals surface area contributed by atoms with E-state index in [0.717, 1.165) is 5.56 Å². The lowest BCUT2D eigenvalue weighted by molar-refractivity contribution is -0.128. The molecule has 0 bridgehead atoms. The molecule has 1 aromatic carbocycles. The van der Waals surface area contributed by atoms with Gasteiger partial charge >= 0.3 is 0 Å². The first-order chi connectivity index (χ1) is 9.49. The highest BCUT2D eigenvalue weighted by Crippen LogP contribution is 2.20. The zero-order valence-corrected chi connectivity index (χ0v) is 11.9. The number of hydrogen-bond acceptors (Lipinski definition) is 3. The van der Waals surface area contributed by atoms with Gasteiger partial charge in [0.15, 0.2) is 11.7 Å². The van der Waals surface area contributed by atoms with Crippen molar-refractivity contribution in [3.8, 4) is 6.07 Å². The molecule has 0 radical (unpaired) electrons. The van der Waals surface area contributed by atoms with E-state index in [1.165, 1.54) is 0 Å². The molecule has 0 saturated carbocycles. The Labute approximate surface area is 123 Å². The van der Waals surface area contributed by atoms with Crippen LogP contribution in [0.2, 0.25) is 5.02 Å². The van der Waals surface area contributed by atoms with Crippen molar-refractivity contribution in [3.05, 3.63) is 41.4 Å². The van der Waals surface area contributed by atoms with Crippen molar-refractivity contribution < 1.29 is 9.59 Å². The number of benzene rings is 1. The smallest absolute Gasteiger partial charge is 0.249 e. The normalized spacial score (nSPS) is 11.2. The summed E-state index contributed by atoms with van der Waals surface area (Å²) < 4.78 is 0. The quantitative estimate of drug-likeness (QED) is 0.646. The fourth-order valence-electron chi connectivity index (χ4n) is 1.60. The summed E-state index contributed by atoms with van der Waals surface area (Å²) in [5, 5.41) is 12.1. The van der Waals surface area contributed by atoms with Gasteiger partial charge in [-0.15, -0.1) is 6.58 Å². The number of amides is 1. The van der Waals surface area contributed by atoms with Crippen molar-refractivity contribution in [1.82, 2.24) is 0 Å². The summed E-state index contributed by atoms with van der Waals surface area (Å²) in [6.07, 6.45) is 2.16. The van der Waals surface area contributed by atoms with E-state index in [4.69, 9.17) is 16.9 Å². The largest absolute Gasteiger partial charge is 0.325 e. The fraction of sp³-hybridized carbons (Fsp3) is 0.267. The number of nitrogens with zero attached hydrogens (tertiary/aromatic N) is 1. The fourth-order valence-corrected chi connectivity index (χ4v) is 1.72. The average Bonchev–Trinajstić information content (AvgIpc) is 2.41. The number of rotatable bonds is 6. The van der Waals surface area contributed by atoms with Gasteiger partial charge in [0.2, 0.25) is 5.91 Å². The molecule has 1 unspecified atom stereocenters. The summed E-state index contributed by atoms with van der Waals surface area (Å²) in [7, 11) is 0. The average molecular weight is 291 g/mol. The third-order valence-corrected chi connectivity index (χ3v) is 3.16. The molecule has 0 aliphatic heterocycles. The van der Waals surface area contributed by atoms with Crippen molar-refractivity contribution >= 4 is 29.0 Å². The van der Waals surface area contributed by atoms with Crippen LogP contribution >= 0.6 is 11.6 Å². The minimum absolute atomic E-state index is 0.134. The van der Waals surface area contributed by atoms with Gasteiger partial charge in [-0.1, -0.05) is 17.7 Å². The van der Waals surface area contributed by atoms with Crippen LogP contribution in [0.4, 0.5) is 5.69 Å².